The van der Waals surface area contributed by atoms with Crippen LogP contribution in [0.2, 0.25) is 0 Å². The Labute approximate surface area is 182 Å². The fourth-order valence-electron chi connectivity index (χ4n) is 3.70. The zero-order chi connectivity index (χ0) is 21.0. The number of benzene rings is 1. The molecular weight excluding hydrogens is 374 g/mol. The molecule has 0 amide bonds. The van der Waals surface area contributed by atoms with Crippen LogP contribution >= 0.6 is 11.8 Å². The van der Waals surface area contributed by atoms with Crippen LogP contribution in [0, 0.1) is 5.92 Å². The Balaban J connectivity index is 1.83. The molecule has 1 heterocycles. The molecule has 0 fully saturated rings. The van der Waals surface area contributed by atoms with Gasteiger partial charge in [-0.25, -0.2) is 0 Å². The van der Waals surface area contributed by atoms with E-state index in [2.05, 4.69) is 50.0 Å². The van der Waals surface area contributed by atoms with Crippen molar-refractivity contribution < 1.29 is 5.11 Å². The van der Waals surface area contributed by atoms with Gasteiger partial charge in [-0.3, -0.25) is 4.98 Å². The molecule has 2 unspecified atom stereocenters. The van der Waals surface area contributed by atoms with E-state index in [0.717, 1.165) is 12.0 Å². The van der Waals surface area contributed by atoms with Crippen LogP contribution in [0.25, 0.3) is 0 Å². The van der Waals surface area contributed by atoms with Gasteiger partial charge in [0.2, 0.25) is 0 Å². The van der Waals surface area contributed by atoms with E-state index in [9.17, 15) is 5.11 Å². The molecular formula is C26H39NOS. The first kappa shape index (κ1) is 24.0. The number of aromatic nitrogens is 1. The fourth-order valence-corrected chi connectivity index (χ4v) is 4.87. The number of hydrogen-bond donors (Lipinski definition) is 1. The van der Waals surface area contributed by atoms with E-state index in [0.29, 0.717) is 5.75 Å². The van der Waals surface area contributed by atoms with Crippen molar-refractivity contribution in [3.05, 3.63) is 59.9 Å². The summed E-state index contributed by atoms with van der Waals surface area (Å²) in [7, 11) is 0. The molecule has 1 N–H and O–H groups in total. The predicted molar refractivity (Wildman–Crippen MR) is 126 cm³/mol. The molecule has 2 rings (SSSR count). The monoisotopic (exact) mass is 413 g/mol. The lowest BCUT2D eigenvalue weighted by molar-refractivity contribution is 0.00473. The normalized spacial score (nSPS) is 14.5. The second kappa shape index (κ2) is 13.1. The smallest absolute Gasteiger partial charge is 0.103 e. The van der Waals surface area contributed by atoms with E-state index in [1.165, 1.54) is 61.8 Å². The minimum Gasteiger partial charge on any atom is -0.384 e. The summed E-state index contributed by atoms with van der Waals surface area (Å²) >= 11 is 1.74. The minimum absolute atomic E-state index is 0.177. The molecule has 2 nitrogen and oxygen atoms in total. The van der Waals surface area contributed by atoms with Crippen LogP contribution in [-0.2, 0) is 12.0 Å². The Kier molecular flexibility index (Phi) is 10.8. The molecule has 2 atom stereocenters. The highest BCUT2D eigenvalue weighted by atomic mass is 32.2. The molecule has 0 radical (unpaired) electrons. The summed E-state index contributed by atoms with van der Waals surface area (Å²) in [5.41, 5.74) is 1.48. The van der Waals surface area contributed by atoms with E-state index in [1.807, 2.05) is 12.1 Å². The highest BCUT2D eigenvalue weighted by Crippen LogP contribution is 2.37. The highest BCUT2D eigenvalue weighted by molar-refractivity contribution is 7.99. The van der Waals surface area contributed by atoms with Crippen LogP contribution in [-0.4, -0.2) is 15.8 Å². The molecule has 0 saturated carbocycles. The van der Waals surface area contributed by atoms with Crippen molar-refractivity contribution in [2.75, 3.05) is 5.75 Å². The summed E-state index contributed by atoms with van der Waals surface area (Å²) in [4.78, 5) is 5.44. The standard InChI is InChI=1S/C26H39NOS/c1-4-6-7-8-9-10-11-13-23-15-17-25(18-16-23)29-21-26(28,22(3)5-2)24-14-12-19-27-20-24/h12,14-20,22,28H,4-11,13,21H2,1-3H3. The lowest BCUT2D eigenvalue weighted by Gasteiger charge is -2.33. The molecule has 2 aromatic rings. The average molecular weight is 414 g/mol. The molecule has 1 aromatic carbocycles. The van der Waals surface area contributed by atoms with Crippen molar-refractivity contribution in [3.63, 3.8) is 0 Å². The maximum atomic E-state index is 11.4. The molecule has 0 saturated heterocycles. The predicted octanol–water partition coefficient (Wildman–Crippen LogP) is 7.40. The number of unbranched alkanes of at least 4 members (excludes halogenated alkanes) is 6. The van der Waals surface area contributed by atoms with E-state index in [1.54, 1.807) is 24.2 Å². The van der Waals surface area contributed by atoms with Gasteiger partial charge in [0.1, 0.15) is 5.60 Å². The summed E-state index contributed by atoms with van der Waals surface area (Å²) < 4.78 is 0. The number of thioether (sulfide) groups is 1. The maximum Gasteiger partial charge on any atom is 0.103 e. The SMILES string of the molecule is CCCCCCCCCc1ccc(SCC(O)(c2cccnc2)C(C)CC)cc1. The van der Waals surface area contributed by atoms with Crippen LogP contribution in [0.5, 0.6) is 0 Å². The van der Waals surface area contributed by atoms with Gasteiger partial charge in [-0.2, -0.15) is 0 Å². The minimum atomic E-state index is -0.857. The summed E-state index contributed by atoms with van der Waals surface area (Å²) in [5.74, 6) is 0.820. The Bertz CT molecular complexity index is 673. The first-order valence-electron chi connectivity index (χ1n) is 11.4. The summed E-state index contributed by atoms with van der Waals surface area (Å²) in [5, 5.41) is 11.4. The van der Waals surface area contributed by atoms with Crippen molar-refractivity contribution in [2.45, 2.75) is 89.1 Å². The van der Waals surface area contributed by atoms with Gasteiger partial charge in [-0.1, -0.05) is 83.9 Å². The third kappa shape index (κ3) is 7.79. The topological polar surface area (TPSA) is 33.1 Å². The lowest BCUT2D eigenvalue weighted by atomic mass is 9.83. The van der Waals surface area contributed by atoms with Gasteiger partial charge in [0, 0.05) is 28.6 Å². The van der Waals surface area contributed by atoms with Gasteiger partial charge in [-0.05, 0) is 42.5 Å². The van der Waals surface area contributed by atoms with E-state index in [4.69, 9.17) is 0 Å². The molecule has 0 aliphatic heterocycles. The van der Waals surface area contributed by atoms with Gasteiger partial charge in [-0.15, -0.1) is 11.8 Å². The van der Waals surface area contributed by atoms with Gasteiger partial charge in [0.25, 0.3) is 0 Å². The maximum absolute atomic E-state index is 11.4. The molecule has 0 spiro atoms. The fraction of sp³-hybridized carbons (Fsp3) is 0.577. The van der Waals surface area contributed by atoms with Crippen molar-refractivity contribution in [1.82, 2.24) is 4.98 Å². The van der Waals surface area contributed by atoms with Crippen molar-refractivity contribution in [3.8, 4) is 0 Å². The second-order valence-electron chi connectivity index (χ2n) is 8.28. The Morgan fingerprint density at radius 2 is 1.66 bits per heavy atom. The van der Waals surface area contributed by atoms with Gasteiger partial charge >= 0.3 is 0 Å². The van der Waals surface area contributed by atoms with Crippen LogP contribution in [0.4, 0.5) is 0 Å². The van der Waals surface area contributed by atoms with Crippen LogP contribution < -0.4 is 0 Å². The number of aliphatic hydroxyl groups is 1. The molecule has 29 heavy (non-hydrogen) atoms. The molecule has 0 aliphatic rings. The Morgan fingerprint density at radius 1 is 0.966 bits per heavy atom. The number of pyridine rings is 1. The zero-order valence-electron chi connectivity index (χ0n) is 18.6. The first-order chi connectivity index (χ1) is 14.1. The third-order valence-corrected chi connectivity index (χ3v) is 7.23. The van der Waals surface area contributed by atoms with Crippen LogP contribution in [0.15, 0.2) is 53.7 Å². The zero-order valence-corrected chi connectivity index (χ0v) is 19.4. The molecule has 0 aliphatic carbocycles. The van der Waals surface area contributed by atoms with Crippen molar-refractivity contribution in [2.24, 2.45) is 5.92 Å². The third-order valence-electron chi connectivity index (χ3n) is 6.04. The summed E-state index contributed by atoms with van der Waals surface area (Å²) in [6.07, 6.45) is 15.2. The summed E-state index contributed by atoms with van der Waals surface area (Å²) in [6.45, 7) is 6.53. The lowest BCUT2D eigenvalue weighted by Crippen LogP contribution is -2.36. The number of hydrogen-bond acceptors (Lipinski definition) is 3. The highest BCUT2D eigenvalue weighted by Gasteiger charge is 2.35. The quantitative estimate of drug-likeness (QED) is 0.259. The Hall–Kier alpha value is -1.32. The Morgan fingerprint density at radius 3 is 2.28 bits per heavy atom. The van der Waals surface area contributed by atoms with E-state index < -0.39 is 5.60 Å². The van der Waals surface area contributed by atoms with Gasteiger partial charge in [0.15, 0.2) is 0 Å². The first-order valence-corrected chi connectivity index (χ1v) is 12.4. The molecule has 1 aromatic heterocycles. The molecule has 160 valence electrons. The van der Waals surface area contributed by atoms with Gasteiger partial charge < -0.3 is 5.11 Å². The number of aryl methyl sites for hydroxylation is 1. The second-order valence-corrected chi connectivity index (χ2v) is 9.33. The largest absolute Gasteiger partial charge is 0.384 e. The van der Waals surface area contributed by atoms with Crippen molar-refractivity contribution in [1.29, 1.82) is 0 Å². The summed E-state index contributed by atoms with van der Waals surface area (Å²) in [6, 6.07) is 12.8. The molecule has 0 bridgehead atoms. The van der Waals surface area contributed by atoms with Crippen molar-refractivity contribution >= 4 is 11.8 Å². The molecule has 3 heteroatoms. The number of rotatable bonds is 14. The average Bonchev–Trinajstić information content (AvgIpc) is 2.77. The van der Waals surface area contributed by atoms with Gasteiger partial charge in [0.05, 0.1) is 0 Å². The van der Waals surface area contributed by atoms with E-state index >= 15 is 0 Å². The van der Waals surface area contributed by atoms with Crippen LogP contribution in [0.3, 0.4) is 0 Å². The van der Waals surface area contributed by atoms with Crippen LogP contribution in [0.1, 0.15) is 83.3 Å². The van der Waals surface area contributed by atoms with E-state index in [-0.39, 0.29) is 5.92 Å². The number of nitrogens with zero attached hydrogens (tertiary/aromatic N) is 1.